The SMILES string of the molecule is CC(C)C(=O)OCOC(=O)N[C@@H](CSC(=O)OCOC(=O)C(C)C)C(=O)OCOC(=O)C(C)C. The van der Waals surface area contributed by atoms with Crippen molar-refractivity contribution in [3.8, 4) is 0 Å². The number of carbonyl (C=O) groups excluding carboxylic acids is 6. The number of rotatable bonds is 13. The third kappa shape index (κ3) is 14.2. The molecule has 13 nitrogen and oxygen atoms in total. The zero-order valence-corrected chi connectivity index (χ0v) is 20.8. The number of ether oxygens (including phenoxy) is 6. The molecule has 0 fully saturated rings. The van der Waals surface area contributed by atoms with Crippen molar-refractivity contribution in [2.45, 2.75) is 47.6 Å². The number of alkyl carbamates (subject to hydrolysis) is 1. The summed E-state index contributed by atoms with van der Waals surface area (Å²) < 4.78 is 28.3. The molecule has 0 radical (unpaired) electrons. The molecule has 0 aromatic carbocycles. The van der Waals surface area contributed by atoms with E-state index in [2.05, 4.69) is 10.1 Å². The predicted octanol–water partition coefficient (Wildman–Crippen LogP) is 1.96. The molecule has 0 aliphatic carbocycles. The van der Waals surface area contributed by atoms with Gasteiger partial charge in [0.2, 0.25) is 20.4 Å². The van der Waals surface area contributed by atoms with Gasteiger partial charge in [0.05, 0.1) is 17.8 Å². The zero-order chi connectivity index (χ0) is 26.3. The lowest BCUT2D eigenvalue weighted by molar-refractivity contribution is -0.170. The molecule has 0 aliphatic heterocycles. The van der Waals surface area contributed by atoms with Gasteiger partial charge in [0.25, 0.3) is 0 Å². The molecule has 0 spiro atoms. The average molecular weight is 510 g/mol. The first kappa shape index (κ1) is 31.0. The van der Waals surface area contributed by atoms with Crippen LogP contribution in [-0.2, 0) is 47.6 Å². The Bertz CT molecular complexity index is 722. The molecule has 0 rings (SSSR count). The fourth-order valence-electron chi connectivity index (χ4n) is 1.57. The summed E-state index contributed by atoms with van der Waals surface area (Å²) in [6.07, 6.45) is -1.14. The van der Waals surface area contributed by atoms with E-state index in [1.807, 2.05) is 0 Å². The van der Waals surface area contributed by atoms with E-state index < -0.39 is 79.4 Å². The van der Waals surface area contributed by atoms with Crippen molar-refractivity contribution in [3.05, 3.63) is 0 Å². The number of nitrogens with one attached hydrogen (secondary N) is 1. The molecular formula is C20H31NO12S. The summed E-state index contributed by atoms with van der Waals surface area (Å²) in [7, 11) is 0. The van der Waals surface area contributed by atoms with E-state index in [4.69, 9.17) is 23.7 Å². The normalized spacial score (nSPS) is 11.4. The van der Waals surface area contributed by atoms with Crippen molar-refractivity contribution in [2.75, 3.05) is 26.1 Å². The molecule has 0 saturated heterocycles. The molecule has 34 heavy (non-hydrogen) atoms. The Kier molecular flexibility index (Phi) is 15.1. The smallest absolute Gasteiger partial charge is 0.410 e. The van der Waals surface area contributed by atoms with Crippen molar-refractivity contribution >= 4 is 47.0 Å². The minimum atomic E-state index is -1.43. The van der Waals surface area contributed by atoms with Crippen LogP contribution in [0.1, 0.15) is 41.5 Å². The summed E-state index contributed by atoms with van der Waals surface area (Å²) in [5.41, 5.74) is 0. The zero-order valence-electron chi connectivity index (χ0n) is 19.9. The number of thioether (sulfide) groups is 1. The summed E-state index contributed by atoms with van der Waals surface area (Å²) in [6.45, 7) is 7.49. The molecule has 1 atom stereocenters. The largest absolute Gasteiger partial charge is 0.428 e. The standard InChI is InChI=1S/C20H31NO12S/c1-11(2)15(22)28-8-31-18(25)14(21-19(26)32-9-29-16(23)12(3)4)7-34-20(27)33-10-30-17(24)13(5)6/h11-14H,7-10H2,1-6H3,(H,21,26)/t14-/m0/s1. The van der Waals surface area contributed by atoms with Crippen LogP contribution in [0.3, 0.4) is 0 Å². The third-order valence-corrected chi connectivity index (χ3v) is 4.38. The lowest BCUT2D eigenvalue weighted by Crippen LogP contribution is -2.44. The highest BCUT2D eigenvalue weighted by atomic mass is 32.2. The number of hydrogen-bond acceptors (Lipinski definition) is 13. The quantitative estimate of drug-likeness (QED) is 0.217. The van der Waals surface area contributed by atoms with Crippen LogP contribution in [0.15, 0.2) is 0 Å². The first-order chi connectivity index (χ1) is 15.8. The fourth-order valence-corrected chi connectivity index (χ4v) is 2.22. The van der Waals surface area contributed by atoms with Crippen LogP contribution < -0.4 is 5.32 Å². The fraction of sp³-hybridized carbons (Fsp3) is 0.700. The van der Waals surface area contributed by atoms with Crippen LogP contribution in [0.25, 0.3) is 0 Å². The number of carbonyl (C=O) groups is 6. The van der Waals surface area contributed by atoms with Gasteiger partial charge in [0.15, 0.2) is 0 Å². The van der Waals surface area contributed by atoms with Crippen molar-refractivity contribution in [3.63, 3.8) is 0 Å². The van der Waals surface area contributed by atoms with Gasteiger partial charge in [-0.2, -0.15) is 0 Å². The first-order valence-electron chi connectivity index (χ1n) is 10.2. The van der Waals surface area contributed by atoms with Gasteiger partial charge in [-0.1, -0.05) is 41.5 Å². The van der Waals surface area contributed by atoms with Crippen LogP contribution in [0.5, 0.6) is 0 Å². The van der Waals surface area contributed by atoms with Gasteiger partial charge in [-0.25, -0.2) is 14.4 Å². The van der Waals surface area contributed by atoms with Gasteiger partial charge < -0.3 is 33.7 Å². The Morgan fingerprint density at radius 2 is 0.971 bits per heavy atom. The topological polar surface area (TPSA) is 170 Å². The first-order valence-corrected chi connectivity index (χ1v) is 11.2. The van der Waals surface area contributed by atoms with Crippen LogP contribution >= 0.6 is 11.8 Å². The number of amides is 1. The summed E-state index contributed by atoms with van der Waals surface area (Å²) in [4.78, 5) is 70.2. The highest BCUT2D eigenvalue weighted by molar-refractivity contribution is 8.13. The maximum Gasteiger partial charge on any atom is 0.410 e. The Balaban J connectivity index is 4.78. The minimum Gasteiger partial charge on any atom is -0.428 e. The molecule has 1 N–H and O–H groups in total. The summed E-state index contributed by atoms with van der Waals surface area (Å²) in [6, 6.07) is -1.43. The molecule has 0 aromatic rings. The van der Waals surface area contributed by atoms with E-state index in [1.54, 1.807) is 41.5 Å². The lowest BCUT2D eigenvalue weighted by atomic mass is 10.2. The van der Waals surface area contributed by atoms with Crippen molar-refractivity contribution < 1.29 is 57.2 Å². The van der Waals surface area contributed by atoms with Gasteiger partial charge in [0.1, 0.15) is 6.04 Å². The summed E-state index contributed by atoms with van der Waals surface area (Å²) in [5.74, 6) is -4.50. The molecule has 0 aliphatic rings. The van der Waals surface area contributed by atoms with E-state index in [1.165, 1.54) is 0 Å². The molecule has 0 aromatic heterocycles. The van der Waals surface area contributed by atoms with Gasteiger partial charge in [-0.3, -0.25) is 14.4 Å². The van der Waals surface area contributed by atoms with Crippen molar-refractivity contribution in [2.24, 2.45) is 17.8 Å². The molecular weight excluding hydrogens is 478 g/mol. The maximum atomic E-state index is 12.3. The van der Waals surface area contributed by atoms with Gasteiger partial charge in [-0.15, -0.1) is 0 Å². The van der Waals surface area contributed by atoms with E-state index in [0.29, 0.717) is 11.8 Å². The summed E-state index contributed by atoms with van der Waals surface area (Å²) >= 11 is 0.476. The third-order valence-electron chi connectivity index (χ3n) is 3.53. The van der Waals surface area contributed by atoms with Crippen LogP contribution in [0, 0.1) is 17.8 Å². The van der Waals surface area contributed by atoms with Crippen LogP contribution in [-0.4, -0.2) is 67.4 Å². The Labute approximate surface area is 201 Å². The molecule has 0 bridgehead atoms. The van der Waals surface area contributed by atoms with Gasteiger partial charge >= 0.3 is 35.3 Å². The summed E-state index contributed by atoms with van der Waals surface area (Å²) in [5, 5.41) is 1.24. The molecule has 1 amide bonds. The molecule has 194 valence electrons. The van der Waals surface area contributed by atoms with E-state index in [-0.39, 0.29) is 5.75 Å². The van der Waals surface area contributed by atoms with Crippen LogP contribution in [0.2, 0.25) is 0 Å². The number of esters is 4. The highest BCUT2D eigenvalue weighted by Gasteiger charge is 2.26. The number of hydrogen-bond donors (Lipinski definition) is 1. The van der Waals surface area contributed by atoms with Crippen molar-refractivity contribution in [1.82, 2.24) is 5.32 Å². The second-order valence-electron chi connectivity index (χ2n) is 7.51. The Morgan fingerprint density at radius 1 is 0.588 bits per heavy atom. The van der Waals surface area contributed by atoms with E-state index >= 15 is 0 Å². The van der Waals surface area contributed by atoms with Gasteiger partial charge in [0, 0.05) is 5.75 Å². The van der Waals surface area contributed by atoms with Crippen molar-refractivity contribution in [1.29, 1.82) is 0 Å². The molecule has 0 unspecified atom stereocenters. The monoisotopic (exact) mass is 509 g/mol. The average Bonchev–Trinajstić information content (AvgIpc) is 2.75. The molecule has 14 heteroatoms. The second-order valence-corrected chi connectivity index (χ2v) is 8.46. The molecule has 0 heterocycles. The highest BCUT2D eigenvalue weighted by Crippen LogP contribution is 2.10. The van der Waals surface area contributed by atoms with Crippen LogP contribution in [0.4, 0.5) is 9.59 Å². The predicted molar refractivity (Wildman–Crippen MR) is 116 cm³/mol. The minimum absolute atomic E-state index is 0.366. The van der Waals surface area contributed by atoms with E-state index in [0.717, 1.165) is 0 Å². The van der Waals surface area contributed by atoms with E-state index in [9.17, 15) is 28.8 Å². The Morgan fingerprint density at radius 3 is 1.41 bits per heavy atom. The second kappa shape index (κ2) is 16.6. The van der Waals surface area contributed by atoms with Gasteiger partial charge in [-0.05, 0) is 11.8 Å². The molecule has 0 saturated carbocycles. The lowest BCUT2D eigenvalue weighted by Gasteiger charge is -2.17. The maximum absolute atomic E-state index is 12.3. The Hall–Kier alpha value is -3.03.